The monoisotopic (exact) mass is 465 g/mol. The van der Waals surface area contributed by atoms with Crippen molar-refractivity contribution in [3.05, 3.63) is 73.3 Å². The number of pyridine rings is 1. The first-order chi connectivity index (χ1) is 16.9. The Morgan fingerprint density at radius 2 is 1.77 bits per heavy atom. The van der Waals surface area contributed by atoms with E-state index in [4.69, 9.17) is 0 Å². The lowest BCUT2D eigenvalue weighted by Crippen LogP contribution is -2.58. The highest BCUT2D eigenvalue weighted by Crippen LogP contribution is 2.33. The zero-order chi connectivity index (χ0) is 24.7. The first kappa shape index (κ1) is 22.4. The Morgan fingerprint density at radius 1 is 1.06 bits per heavy atom. The van der Waals surface area contributed by atoms with Crippen molar-refractivity contribution in [3.63, 3.8) is 0 Å². The number of carbonyl (C=O) groups is 1. The number of nitriles is 1. The van der Waals surface area contributed by atoms with Crippen molar-refractivity contribution in [2.45, 2.75) is 25.9 Å². The predicted molar refractivity (Wildman–Crippen MR) is 136 cm³/mol. The number of piperazine rings is 1. The number of amides is 1. The van der Waals surface area contributed by atoms with E-state index >= 15 is 0 Å². The Kier molecular flexibility index (Phi) is 5.61. The number of nitrogens with zero attached hydrogens (tertiary/aromatic N) is 7. The lowest BCUT2D eigenvalue weighted by Gasteiger charge is -2.45. The molecule has 1 aliphatic heterocycles. The van der Waals surface area contributed by atoms with Crippen molar-refractivity contribution in [1.82, 2.24) is 24.3 Å². The summed E-state index contributed by atoms with van der Waals surface area (Å²) in [6.07, 6.45) is 8.71. The van der Waals surface area contributed by atoms with Crippen LogP contribution in [0.2, 0.25) is 0 Å². The molecule has 1 fully saturated rings. The summed E-state index contributed by atoms with van der Waals surface area (Å²) >= 11 is 0. The molecule has 3 aromatic heterocycles. The number of aromatic nitrogens is 4. The third kappa shape index (κ3) is 3.95. The van der Waals surface area contributed by atoms with Gasteiger partial charge in [0.05, 0.1) is 23.5 Å². The topological polar surface area (TPSA) is 82.5 Å². The fraction of sp³-hybridized carbons (Fsp3) is 0.259. The molecule has 1 saturated heterocycles. The van der Waals surface area contributed by atoms with Gasteiger partial charge in [-0.25, -0.2) is 4.52 Å². The molecular formula is C27H27N7O. The number of aryl methyl sites for hydroxylation is 1. The summed E-state index contributed by atoms with van der Waals surface area (Å²) in [6, 6.07) is 12.9. The summed E-state index contributed by atoms with van der Waals surface area (Å²) in [7, 11) is 1.89. The third-order valence-corrected chi connectivity index (χ3v) is 6.66. The van der Waals surface area contributed by atoms with E-state index in [1.807, 2.05) is 30.5 Å². The van der Waals surface area contributed by atoms with Crippen molar-refractivity contribution in [2.75, 3.05) is 18.0 Å². The van der Waals surface area contributed by atoms with Crippen LogP contribution in [0.5, 0.6) is 0 Å². The molecule has 0 aliphatic carbocycles. The molecule has 8 heteroatoms. The Balaban J connectivity index is 1.51. The molecule has 0 bridgehead atoms. The van der Waals surface area contributed by atoms with Crippen LogP contribution in [0.1, 0.15) is 19.4 Å². The molecular weight excluding hydrogens is 438 g/mol. The van der Waals surface area contributed by atoms with Gasteiger partial charge in [-0.3, -0.25) is 9.48 Å². The van der Waals surface area contributed by atoms with Gasteiger partial charge in [0.25, 0.3) is 0 Å². The normalized spacial score (nSPS) is 18.0. The van der Waals surface area contributed by atoms with Crippen molar-refractivity contribution in [1.29, 1.82) is 5.26 Å². The Morgan fingerprint density at radius 3 is 2.37 bits per heavy atom. The molecule has 1 aliphatic rings. The fourth-order valence-electron chi connectivity index (χ4n) is 5.08. The maximum Gasteiger partial charge on any atom is 0.246 e. The lowest BCUT2D eigenvalue weighted by molar-refractivity contribution is -0.130. The number of anilines is 1. The predicted octanol–water partition coefficient (Wildman–Crippen LogP) is 3.89. The number of benzene rings is 1. The Hall–Kier alpha value is -4.38. The number of carbonyl (C=O) groups excluding carboxylic acids is 1. The molecule has 1 aromatic carbocycles. The highest BCUT2D eigenvalue weighted by Gasteiger charge is 2.31. The van der Waals surface area contributed by atoms with Crippen LogP contribution >= 0.6 is 0 Å². The third-order valence-electron chi connectivity index (χ3n) is 6.66. The number of fused-ring (bicyclic) bond motifs is 1. The van der Waals surface area contributed by atoms with Crippen LogP contribution in [-0.2, 0) is 11.8 Å². The molecule has 2 atom stereocenters. The van der Waals surface area contributed by atoms with E-state index < -0.39 is 0 Å². The summed E-state index contributed by atoms with van der Waals surface area (Å²) in [5.74, 6) is -0.0217. The zero-order valence-electron chi connectivity index (χ0n) is 20.1. The number of rotatable bonds is 4. The molecule has 5 rings (SSSR count). The van der Waals surface area contributed by atoms with Crippen LogP contribution in [0, 0.1) is 11.3 Å². The molecule has 8 nitrogen and oxygen atoms in total. The molecule has 0 N–H and O–H groups in total. The smallest absolute Gasteiger partial charge is 0.246 e. The van der Waals surface area contributed by atoms with E-state index in [1.54, 1.807) is 15.4 Å². The van der Waals surface area contributed by atoms with E-state index in [9.17, 15) is 10.1 Å². The van der Waals surface area contributed by atoms with Crippen LogP contribution < -0.4 is 4.90 Å². The van der Waals surface area contributed by atoms with Crippen LogP contribution in [0.3, 0.4) is 0 Å². The Labute approximate surface area is 204 Å². The second-order valence-electron chi connectivity index (χ2n) is 9.11. The highest BCUT2D eigenvalue weighted by atomic mass is 16.2. The molecule has 0 saturated carbocycles. The van der Waals surface area contributed by atoms with Gasteiger partial charge in [-0.2, -0.15) is 15.5 Å². The first-order valence-corrected chi connectivity index (χ1v) is 11.6. The molecule has 0 spiro atoms. The van der Waals surface area contributed by atoms with Crippen LogP contribution in [0.4, 0.5) is 5.69 Å². The molecule has 35 heavy (non-hydrogen) atoms. The molecule has 176 valence electrons. The largest absolute Gasteiger partial charge is 0.367 e. The summed E-state index contributed by atoms with van der Waals surface area (Å²) in [4.78, 5) is 16.5. The van der Waals surface area contributed by atoms with Crippen molar-refractivity contribution in [2.24, 2.45) is 7.05 Å². The van der Waals surface area contributed by atoms with Gasteiger partial charge in [-0.05, 0) is 43.7 Å². The van der Waals surface area contributed by atoms with E-state index in [0.29, 0.717) is 5.56 Å². The quantitative estimate of drug-likeness (QED) is 0.427. The molecule has 1 amide bonds. The number of hydrogen-bond donors (Lipinski definition) is 0. The maximum absolute atomic E-state index is 12.3. The minimum absolute atomic E-state index is 0.0217. The maximum atomic E-state index is 12.3. The second-order valence-corrected chi connectivity index (χ2v) is 9.11. The molecule has 4 heterocycles. The Bertz CT molecular complexity index is 1450. The minimum Gasteiger partial charge on any atom is -0.367 e. The minimum atomic E-state index is -0.0217. The zero-order valence-corrected chi connectivity index (χ0v) is 20.1. The van der Waals surface area contributed by atoms with Crippen LogP contribution in [0.15, 0.2) is 67.8 Å². The highest BCUT2D eigenvalue weighted by molar-refractivity contribution is 5.89. The number of hydrogen-bond acceptors (Lipinski definition) is 5. The van der Waals surface area contributed by atoms with Gasteiger partial charge in [-0.1, -0.05) is 18.7 Å². The summed E-state index contributed by atoms with van der Waals surface area (Å²) < 4.78 is 3.53. The van der Waals surface area contributed by atoms with E-state index in [-0.39, 0.29) is 18.0 Å². The fourth-order valence-corrected chi connectivity index (χ4v) is 5.08. The average Bonchev–Trinajstić information content (AvgIpc) is 3.48. The SMILES string of the molecule is C=CC(=O)N1[C@H](C)CN(c2ccc(-c3cc(-c4cnn(C)c4)cn4ncc(C#N)c34)cc2)C[C@@H]1C. The van der Waals surface area contributed by atoms with Gasteiger partial charge >= 0.3 is 0 Å². The van der Waals surface area contributed by atoms with Gasteiger partial charge in [0.2, 0.25) is 5.91 Å². The van der Waals surface area contributed by atoms with Gasteiger partial charge in [0.1, 0.15) is 6.07 Å². The van der Waals surface area contributed by atoms with E-state index in [2.05, 4.69) is 71.9 Å². The first-order valence-electron chi connectivity index (χ1n) is 11.6. The van der Waals surface area contributed by atoms with Crippen molar-refractivity contribution >= 4 is 17.1 Å². The summed E-state index contributed by atoms with van der Waals surface area (Å²) in [5.41, 5.74) is 6.32. The second kappa shape index (κ2) is 8.76. The van der Waals surface area contributed by atoms with Crippen molar-refractivity contribution < 1.29 is 4.79 Å². The molecule has 0 radical (unpaired) electrons. The van der Waals surface area contributed by atoms with Crippen LogP contribution in [-0.4, -0.2) is 55.4 Å². The van der Waals surface area contributed by atoms with Gasteiger partial charge < -0.3 is 9.80 Å². The van der Waals surface area contributed by atoms with Crippen LogP contribution in [0.25, 0.3) is 27.8 Å². The molecule has 0 unspecified atom stereocenters. The van der Waals surface area contributed by atoms with Gasteiger partial charge in [0.15, 0.2) is 0 Å². The molecule has 4 aromatic rings. The van der Waals surface area contributed by atoms with E-state index in [0.717, 1.165) is 46.5 Å². The van der Waals surface area contributed by atoms with E-state index in [1.165, 1.54) is 6.08 Å². The van der Waals surface area contributed by atoms with Crippen molar-refractivity contribution in [3.8, 4) is 28.3 Å². The standard InChI is InChI=1S/C27H27N7O/c1-5-26(35)34-18(2)14-32(15-19(34)3)24-8-6-20(7-9-24)25-10-21(23-13-29-31(4)16-23)17-33-27(25)22(11-28)12-30-33/h5-10,12-13,16-19H,1,14-15H2,2-4H3/t18-,19+. The lowest BCUT2D eigenvalue weighted by atomic mass is 9.99. The summed E-state index contributed by atoms with van der Waals surface area (Å²) in [6.45, 7) is 9.29. The van der Waals surface area contributed by atoms with Gasteiger partial charge in [0, 0.05) is 67.0 Å². The average molecular weight is 466 g/mol. The van der Waals surface area contributed by atoms with Gasteiger partial charge in [-0.15, -0.1) is 0 Å². The summed E-state index contributed by atoms with van der Waals surface area (Å²) in [5, 5.41) is 18.4.